The zero-order valence-electron chi connectivity index (χ0n) is 16.1. The molecule has 1 aromatic carbocycles. The number of methoxy groups -OCH3 is 1. The molecule has 3 aromatic rings. The SMILES string of the molecule is COc1cncc(C#Cc2cc(C)nc(N)n2)c1.O=C(O)c1ccc([N+](=O)[O-])cc1. The number of ether oxygens (including phenoxy) is 1. The standard InChI is InChI=1S/C13H12N4O.C7H5NO4/c1-9-5-11(17-13(14)16-9)4-3-10-6-12(18-2)8-15-7-10;9-7(10)5-1-3-6(4-2-5)8(11)12/h5-8H,1-2H3,(H2,14,16,17);1-4H,(H,9,10). The summed E-state index contributed by atoms with van der Waals surface area (Å²) in [6.45, 7) is 1.84. The van der Waals surface area contributed by atoms with Crippen LogP contribution in [0.3, 0.4) is 0 Å². The number of nitrogens with zero attached hydrogens (tertiary/aromatic N) is 4. The van der Waals surface area contributed by atoms with Crippen LogP contribution in [-0.4, -0.2) is 38.1 Å². The molecule has 0 aliphatic rings. The number of nitro benzene ring substituents is 1. The van der Waals surface area contributed by atoms with E-state index in [4.69, 9.17) is 15.6 Å². The molecule has 10 nitrogen and oxygen atoms in total. The highest BCUT2D eigenvalue weighted by Crippen LogP contribution is 2.11. The lowest BCUT2D eigenvalue weighted by Gasteiger charge is -1.98. The van der Waals surface area contributed by atoms with Crippen molar-refractivity contribution in [2.45, 2.75) is 6.92 Å². The third kappa shape index (κ3) is 6.58. The second-order valence-electron chi connectivity index (χ2n) is 5.73. The fourth-order valence-corrected chi connectivity index (χ4v) is 2.12. The van der Waals surface area contributed by atoms with E-state index in [1.54, 1.807) is 31.6 Å². The molecule has 0 unspecified atom stereocenters. The van der Waals surface area contributed by atoms with Crippen molar-refractivity contribution in [1.82, 2.24) is 15.0 Å². The summed E-state index contributed by atoms with van der Waals surface area (Å²) in [5.74, 6) is 5.67. The number of aryl methyl sites for hydroxylation is 1. The lowest BCUT2D eigenvalue weighted by molar-refractivity contribution is -0.384. The maximum Gasteiger partial charge on any atom is 0.335 e. The molecule has 0 aliphatic heterocycles. The Hall–Kier alpha value is -4.52. The molecule has 0 atom stereocenters. The van der Waals surface area contributed by atoms with E-state index in [2.05, 4.69) is 26.8 Å². The summed E-state index contributed by atoms with van der Waals surface area (Å²) in [4.78, 5) is 31.9. The van der Waals surface area contributed by atoms with Gasteiger partial charge in [-0.25, -0.2) is 14.8 Å². The molecule has 3 rings (SSSR count). The van der Waals surface area contributed by atoms with Gasteiger partial charge in [-0.3, -0.25) is 15.1 Å². The van der Waals surface area contributed by atoms with Crippen molar-refractivity contribution in [1.29, 1.82) is 0 Å². The van der Waals surface area contributed by atoms with Crippen molar-refractivity contribution < 1.29 is 19.6 Å². The molecule has 0 amide bonds. The smallest absolute Gasteiger partial charge is 0.335 e. The highest BCUT2D eigenvalue weighted by Gasteiger charge is 2.06. The first kappa shape index (κ1) is 21.8. The highest BCUT2D eigenvalue weighted by atomic mass is 16.6. The van der Waals surface area contributed by atoms with E-state index < -0.39 is 10.9 Å². The van der Waals surface area contributed by atoms with Gasteiger partial charge in [-0.05, 0) is 37.1 Å². The number of nitro groups is 1. The van der Waals surface area contributed by atoms with Gasteiger partial charge in [0.1, 0.15) is 11.4 Å². The Labute approximate surface area is 171 Å². The average Bonchev–Trinajstić information content (AvgIpc) is 2.72. The molecule has 30 heavy (non-hydrogen) atoms. The molecular formula is C20H17N5O5. The molecule has 152 valence electrons. The van der Waals surface area contributed by atoms with E-state index in [0.29, 0.717) is 11.4 Å². The van der Waals surface area contributed by atoms with Gasteiger partial charge in [0.05, 0.1) is 23.8 Å². The first-order valence-electron chi connectivity index (χ1n) is 8.38. The lowest BCUT2D eigenvalue weighted by atomic mass is 10.2. The molecule has 3 N–H and O–H groups in total. The first-order chi connectivity index (χ1) is 14.3. The van der Waals surface area contributed by atoms with Crippen LogP contribution >= 0.6 is 0 Å². The van der Waals surface area contributed by atoms with Gasteiger partial charge in [0, 0.05) is 29.6 Å². The second kappa shape index (κ2) is 10.1. The van der Waals surface area contributed by atoms with Crippen molar-refractivity contribution in [3.8, 4) is 17.6 Å². The van der Waals surface area contributed by atoms with Crippen LogP contribution in [0.15, 0.2) is 48.8 Å². The van der Waals surface area contributed by atoms with Gasteiger partial charge in [0.15, 0.2) is 0 Å². The Bertz CT molecular complexity index is 1070. The number of carbonyl (C=O) groups is 1. The number of nitrogens with two attached hydrogens (primary N) is 1. The van der Waals surface area contributed by atoms with Crippen molar-refractivity contribution in [3.63, 3.8) is 0 Å². The number of non-ortho nitro benzene ring substituents is 1. The van der Waals surface area contributed by atoms with Crippen LogP contribution in [0.5, 0.6) is 5.75 Å². The van der Waals surface area contributed by atoms with E-state index in [-0.39, 0.29) is 17.2 Å². The number of hydrogen-bond donors (Lipinski definition) is 2. The van der Waals surface area contributed by atoms with Gasteiger partial charge < -0.3 is 15.6 Å². The molecule has 0 spiro atoms. The monoisotopic (exact) mass is 407 g/mol. The van der Waals surface area contributed by atoms with Gasteiger partial charge in [-0.15, -0.1) is 0 Å². The Kier molecular flexibility index (Phi) is 7.36. The molecule has 0 fully saturated rings. The quantitative estimate of drug-likeness (QED) is 0.378. The minimum Gasteiger partial charge on any atom is -0.495 e. The molecule has 0 aliphatic carbocycles. The largest absolute Gasteiger partial charge is 0.495 e. The predicted molar refractivity (Wildman–Crippen MR) is 108 cm³/mol. The minimum absolute atomic E-state index is 0.0422. The van der Waals surface area contributed by atoms with Crippen LogP contribution < -0.4 is 10.5 Å². The van der Waals surface area contributed by atoms with Gasteiger partial charge in [-0.1, -0.05) is 5.92 Å². The van der Waals surface area contributed by atoms with E-state index >= 15 is 0 Å². The summed E-state index contributed by atoms with van der Waals surface area (Å²) in [6, 6.07) is 8.28. The van der Waals surface area contributed by atoms with Crippen LogP contribution in [0.25, 0.3) is 0 Å². The van der Waals surface area contributed by atoms with Crippen molar-refractivity contribution in [3.05, 3.63) is 81.4 Å². The van der Waals surface area contributed by atoms with Crippen LogP contribution in [0.1, 0.15) is 27.3 Å². The first-order valence-corrected chi connectivity index (χ1v) is 8.38. The Morgan fingerprint density at radius 1 is 1.17 bits per heavy atom. The number of pyridine rings is 1. The number of aromatic carboxylic acids is 1. The number of benzene rings is 1. The number of anilines is 1. The molecule has 0 bridgehead atoms. The van der Waals surface area contributed by atoms with Crippen molar-refractivity contribution >= 4 is 17.6 Å². The third-order valence-electron chi connectivity index (χ3n) is 3.48. The van der Waals surface area contributed by atoms with Gasteiger partial charge in [0.25, 0.3) is 5.69 Å². The normalized spacial score (nSPS) is 9.40. The molecule has 2 aromatic heterocycles. The molecular weight excluding hydrogens is 390 g/mol. The topological polar surface area (TPSA) is 154 Å². The summed E-state index contributed by atoms with van der Waals surface area (Å²) < 4.78 is 5.07. The molecule has 10 heteroatoms. The highest BCUT2D eigenvalue weighted by molar-refractivity contribution is 5.87. The summed E-state index contributed by atoms with van der Waals surface area (Å²) in [6.07, 6.45) is 3.28. The maximum atomic E-state index is 10.3. The lowest BCUT2D eigenvalue weighted by Crippen LogP contribution is -1.98. The van der Waals surface area contributed by atoms with E-state index in [1.807, 2.05) is 6.92 Å². The molecule has 0 saturated carbocycles. The molecule has 2 heterocycles. The summed E-state index contributed by atoms with van der Waals surface area (Å²) >= 11 is 0. The van der Waals surface area contributed by atoms with Gasteiger partial charge in [-0.2, -0.15) is 0 Å². The number of hydrogen-bond acceptors (Lipinski definition) is 8. The number of carboxylic acid groups (broad SMARTS) is 1. The Morgan fingerprint density at radius 2 is 1.87 bits per heavy atom. The van der Waals surface area contributed by atoms with Crippen molar-refractivity contribution in [2.75, 3.05) is 12.8 Å². The molecule has 0 saturated heterocycles. The van der Waals surface area contributed by atoms with E-state index in [1.165, 1.54) is 12.1 Å². The maximum absolute atomic E-state index is 10.3. The Morgan fingerprint density at radius 3 is 2.43 bits per heavy atom. The average molecular weight is 407 g/mol. The zero-order chi connectivity index (χ0) is 22.1. The van der Waals surface area contributed by atoms with Crippen molar-refractivity contribution in [2.24, 2.45) is 0 Å². The predicted octanol–water partition coefficient (Wildman–Crippen LogP) is 2.46. The van der Waals surface area contributed by atoms with Crippen LogP contribution in [0.2, 0.25) is 0 Å². The van der Waals surface area contributed by atoms with Crippen LogP contribution in [-0.2, 0) is 0 Å². The fraction of sp³-hybridized carbons (Fsp3) is 0.100. The molecule has 0 radical (unpaired) electrons. The van der Waals surface area contributed by atoms with Gasteiger partial charge >= 0.3 is 5.97 Å². The summed E-state index contributed by atoms with van der Waals surface area (Å²) in [7, 11) is 1.59. The summed E-state index contributed by atoms with van der Waals surface area (Å²) in [5.41, 5.74) is 7.61. The Balaban J connectivity index is 0.000000232. The van der Waals surface area contributed by atoms with E-state index in [9.17, 15) is 14.9 Å². The van der Waals surface area contributed by atoms with Crippen LogP contribution in [0.4, 0.5) is 11.6 Å². The van der Waals surface area contributed by atoms with E-state index in [0.717, 1.165) is 23.4 Å². The third-order valence-corrected chi connectivity index (χ3v) is 3.48. The van der Waals surface area contributed by atoms with Gasteiger partial charge in [0.2, 0.25) is 5.95 Å². The number of aromatic nitrogens is 3. The number of rotatable bonds is 3. The fourth-order valence-electron chi connectivity index (χ4n) is 2.12. The van der Waals surface area contributed by atoms with Crippen LogP contribution in [0, 0.1) is 28.9 Å². The number of nitrogen functional groups attached to an aromatic ring is 1. The summed E-state index contributed by atoms with van der Waals surface area (Å²) in [5, 5.41) is 18.6. The second-order valence-corrected chi connectivity index (χ2v) is 5.73. The minimum atomic E-state index is -1.09. The zero-order valence-corrected chi connectivity index (χ0v) is 16.1. The number of carboxylic acids is 1.